The Bertz CT molecular complexity index is 1160. The van der Waals surface area contributed by atoms with Crippen LogP contribution in [0.2, 0.25) is 0 Å². The molecule has 3 aliphatic rings. The molecule has 31 heavy (non-hydrogen) atoms. The second-order valence-corrected chi connectivity index (χ2v) is 8.79. The zero-order chi connectivity index (χ0) is 21.4. The molecule has 1 saturated carbocycles. The van der Waals surface area contributed by atoms with Crippen LogP contribution in [0.25, 0.3) is 16.7 Å². The van der Waals surface area contributed by atoms with Crippen LogP contribution in [0.5, 0.6) is 0 Å². The van der Waals surface area contributed by atoms with E-state index < -0.39 is 0 Å². The van der Waals surface area contributed by atoms with Crippen molar-refractivity contribution in [2.75, 3.05) is 6.61 Å². The summed E-state index contributed by atoms with van der Waals surface area (Å²) in [5.41, 5.74) is 9.00. The van der Waals surface area contributed by atoms with Crippen molar-refractivity contribution in [1.82, 2.24) is 29.7 Å². The molecule has 7 nitrogen and oxygen atoms in total. The van der Waals surface area contributed by atoms with Gasteiger partial charge in [-0.15, -0.1) is 5.73 Å². The van der Waals surface area contributed by atoms with Gasteiger partial charge in [0.15, 0.2) is 5.65 Å². The highest BCUT2D eigenvalue weighted by Gasteiger charge is 2.26. The highest BCUT2D eigenvalue weighted by atomic mass is 16.5. The first-order chi connectivity index (χ1) is 15.1. The van der Waals surface area contributed by atoms with E-state index in [4.69, 9.17) is 14.7 Å². The zero-order valence-electron chi connectivity index (χ0n) is 18.4. The molecule has 2 fully saturated rings. The molecule has 1 saturated heterocycles. The third-order valence-corrected chi connectivity index (χ3v) is 5.93. The molecule has 6 rings (SSSR count). The largest absolute Gasteiger partial charge is 0.378 e. The Labute approximate surface area is 182 Å². The molecule has 0 aromatic carbocycles. The lowest BCUT2D eigenvalue weighted by molar-refractivity contribution is 0.0173. The van der Waals surface area contributed by atoms with Gasteiger partial charge in [-0.25, -0.2) is 19.9 Å². The number of aromatic nitrogens is 6. The van der Waals surface area contributed by atoms with Crippen LogP contribution < -0.4 is 0 Å². The quantitative estimate of drug-likeness (QED) is 0.583. The molecule has 0 radical (unpaired) electrons. The van der Waals surface area contributed by atoms with Crippen LogP contribution in [0.1, 0.15) is 75.1 Å². The number of rotatable bonds is 3. The number of nitrogens with zero attached hydrogens (tertiary/aromatic N) is 6. The predicted molar refractivity (Wildman–Crippen MR) is 118 cm³/mol. The molecule has 0 unspecified atom stereocenters. The number of hydrogen-bond acceptors (Lipinski definition) is 6. The van der Waals surface area contributed by atoms with Crippen molar-refractivity contribution in [3.63, 3.8) is 0 Å². The summed E-state index contributed by atoms with van der Waals surface area (Å²) in [5, 5.41) is 4.09. The maximum Gasteiger partial charge on any atom is 0.182 e. The SMILES string of the molecule is CC1=C=C(c2nc([C@@H]3CCO[C@H](C)C3)nc3nc(C)cnc23)C1.c1cnn(C2CC2)c1. The maximum absolute atomic E-state index is 5.66. The standard InChI is InChI=1S/C18H20N4O.C6H8N2/c1-10-6-14(7-10)15-16-18(20-11(2)9-19-16)22-17(21-15)13-4-5-23-12(3)8-13;1-4-7-8(5-1)6-2-3-6/h9,12-13H,4-6,8H2,1-3H3;1,4-6H,2-3H2/t12-,13-;/m1./s1. The molecule has 1 aliphatic heterocycles. The van der Waals surface area contributed by atoms with Crippen LogP contribution in [0.4, 0.5) is 0 Å². The van der Waals surface area contributed by atoms with E-state index in [0.717, 1.165) is 60.2 Å². The van der Waals surface area contributed by atoms with E-state index in [1.54, 1.807) is 6.20 Å². The Morgan fingerprint density at radius 1 is 1.13 bits per heavy atom. The molecule has 4 heterocycles. The summed E-state index contributed by atoms with van der Waals surface area (Å²) in [6, 6.07) is 2.71. The number of allylic oxidation sites excluding steroid dienone is 1. The summed E-state index contributed by atoms with van der Waals surface area (Å²) in [4.78, 5) is 18.7. The lowest BCUT2D eigenvalue weighted by Gasteiger charge is -2.26. The lowest BCUT2D eigenvalue weighted by atomic mass is 9.93. The van der Waals surface area contributed by atoms with Gasteiger partial charge in [0.05, 0.1) is 17.8 Å². The van der Waals surface area contributed by atoms with Gasteiger partial charge >= 0.3 is 0 Å². The molecule has 160 valence electrons. The molecule has 0 N–H and O–H groups in total. The number of fused-ring (bicyclic) bond motifs is 1. The van der Waals surface area contributed by atoms with Crippen LogP contribution in [0, 0.1) is 6.92 Å². The van der Waals surface area contributed by atoms with E-state index in [1.807, 2.05) is 30.1 Å². The smallest absolute Gasteiger partial charge is 0.182 e. The second kappa shape index (κ2) is 8.33. The van der Waals surface area contributed by atoms with Gasteiger partial charge < -0.3 is 4.74 Å². The minimum absolute atomic E-state index is 0.255. The van der Waals surface area contributed by atoms with E-state index in [1.165, 1.54) is 18.4 Å². The zero-order valence-corrected chi connectivity index (χ0v) is 18.4. The molecule has 2 aliphatic carbocycles. The van der Waals surface area contributed by atoms with Gasteiger partial charge in [-0.05, 0) is 58.1 Å². The summed E-state index contributed by atoms with van der Waals surface area (Å²) < 4.78 is 7.68. The minimum atomic E-state index is 0.255. The fourth-order valence-corrected chi connectivity index (χ4v) is 4.12. The molecule has 3 aromatic heterocycles. The summed E-state index contributed by atoms with van der Waals surface area (Å²) >= 11 is 0. The second-order valence-electron chi connectivity index (χ2n) is 8.79. The van der Waals surface area contributed by atoms with Crippen molar-refractivity contribution in [1.29, 1.82) is 0 Å². The Kier molecular flexibility index (Phi) is 5.38. The van der Waals surface area contributed by atoms with Gasteiger partial charge in [0, 0.05) is 43.1 Å². The number of ether oxygens (including phenoxy) is 1. The van der Waals surface area contributed by atoms with Gasteiger partial charge in [-0.3, -0.25) is 4.68 Å². The van der Waals surface area contributed by atoms with Gasteiger partial charge in [0.1, 0.15) is 17.0 Å². The highest BCUT2D eigenvalue weighted by Crippen LogP contribution is 2.34. The first kappa shape index (κ1) is 20.0. The molecule has 3 aromatic rings. The monoisotopic (exact) mass is 416 g/mol. The van der Waals surface area contributed by atoms with Crippen molar-refractivity contribution in [2.45, 2.75) is 70.9 Å². The third kappa shape index (κ3) is 4.43. The Balaban J connectivity index is 0.000000212. The lowest BCUT2D eigenvalue weighted by Crippen LogP contribution is -2.23. The minimum Gasteiger partial charge on any atom is -0.378 e. The van der Waals surface area contributed by atoms with Crippen LogP contribution in [0.3, 0.4) is 0 Å². The van der Waals surface area contributed by atoms with Crippen LogP contribution in [0.15, 0.2) is 36.0 Å². The van der Waals surface area contributed by atoms with Crippen molar-refractivity contribution < 1.29 is 4.74 Å². The normalized spacial score (nSPS) is 22.8. The average Bonchev–Trinajstić information content (AvgIpc) is 3.45. The van der Waals surface area contributed by atoms with E-state index >= 15 is 0 Å². The van der Waals surface area contributed by atoms with Crippen LogP contribution in [-0.4, -0.2) is 42.4 Å². The van der Waals surface area contributed by atoms with Gasteiger partial charge in [0.2, 0.25) is 0 Å². The van der Waals surface area contributed by atoms with Crippen molar-refractivity contribution in [2.24, 2.45) is 0 Å². The van der Waals surface area contributed by atoms with Crippen molar-refractivity contribution >= 4 is 16.7 Å². The van der Waals surface area contributed by atoms with Crippen LogP contribution >= 0.6 is 0 Å². The van der Waals surface area contributed by atoms with Crippen LogP contribution in [-0.2, 0) is 4.74 Å². The topological polar surface area (TPSA) is 78.6 Å². The van der Waals surface area contributed by atoms with E-state index in [9.17, 15) is 0 Å². The Hall–Kier alpha value is -2.89. The fourth-order valence-electron chi connectivity index (χ4n) is 4.12. The van der Waals surface area contributed by atoms with Gasteiger partial charge in [-0.1, -0.05) is 0 Å². The van der Waals surface area contributed by atoms with Crippen molar-refractivity contribution in [3.05, 3.63) is 53.2 Å². The maximum atomic E-state index is 5.66. The molecule has 7 heteroatoms. The average molecular weight is 417 g/mol. The summed E-state index contributed by atoms with van der Waals surface area (Å²) in [6.07, 6.45) is 11.4. The molecule has 0 amide bonds. The highest BCUT2D eigenvalue weighted by molar-refractivity contribution is 5.86. The third-order valence-electron chi connectivity index (χ3n) is 5.93. The van der Waals surface area contributed by atoms with Gasteiger partial charge in [-0.2, -0.15) is 5.10 Å². The number of aryl methyl sites for hydroxylation is 1. The predicted octanol–water partition coefficient (Wildman–Crippen LogP) is 4.56. The Morgan fingerprint density at radius 3 is 2.65 bits per heavy atom. The first-order valence-electron chi connectivity index (χ1n) is 11.1. The summed E-state index contributed by atoms with van der Waals surface area (Å²) in [6.45, 7) is 6.91. The molecule has 2 atom stereocenters. The summed E-state index contributed by atoms with van der Waals surface area (Å²) in [5.74, 6) is 1.20. The molecule has 0 spiro atoms. The van der Waals surface area contributed by atoms with E-state index in [-0.39, 0.29) is 6.10 Å². The Morgan fingerprint density at radius 2 is 1.97 bits per heavy atom. The summed E-state index contributed by atoms with van der Waals surface area (Å²) in [7, 11) is 0. The van der Waals surface area contributed by atoms with Crippen molar-refractivity contribution in [3.8, 4) is 0 Å². The van der Waals surface area contributed by atoms with E-state index in [0.29, 0.717) is 11.6 Å². The molecular formula is C24H28N6O. The fraction of sp³-hybridized carbons (Fsp3) is 0.500. The molecule has 0 bridgehead atoms. The van der Waals surface area contributed by atoms with Gasteiger partial charge in [0.25, 0.3) is 0 Å². The first-order valence-corrected chi connectivity index (χ1v) is 11.1. The number of hydrogen-bond donors (Lipinski definition) is 0. The molecular weight excluding hydrogens is 388 g/mol. The van der Waals surface area contributed by atoms with E-state index in [2.05, 4.69) is 34.6 Å².